The van der Waals surface area contributed by atoms with E-state index in [1.807, 2.05) is 6.92 Å². The smallest absolute Gasteiger partial charge is 0.380 e. The second-order valence-electron chi connectivity index (χ2n) is 4.80. The summed E-state index contributed by atoms with van der Waals surface area (Å²) in [6.07, 6.45) is -2.91. The van der Waals surface area contributed by atoms with Crippen LogP contribution in [-0.2, 0) is 9.47 Å². The predicted octanol–water partition coefficient (Wildman–Crippen LogP) is 2.17. The molecule has 2 fully saturated rings. The molecule has 3 nitrogen and oxygen atoms in total. The van der Waals surface area contributed by atoms with Crippen LogP contribution in [0.4, 0.5) is 13.2 Å². The Kier molecular flexibility index (Phi) is 3.66. The van der Waals surface area contributed by atoms with E-state index in [1.54, 1.807) is 0 Å². The van der Waals surface area contributed by atoms with Gasteiger partial charge in [-0.05, 0) is 32.7 Å². The van der Waals surface area contributed by atoms with Crippen LogP contribution in [0.2, 0.25) is 0 Å². The summed E-state index contributed by atoms with van der Waals surface area (Å²) in [5, 5.41) is 0. The fourth-order valence-corrected chi connectivity index (χ4v) is 3.03. The van der Waals surface area contributed by atoms with Crippen LogP contribution in [0, 0.1) is 0 Å². The molecule has 0 radical (unpaired) electrons. The molecule has 0 aromatic rings. The van der Waals surface area contributed by atoms with Gasteiger partial charge in [0.05, 0.1) is 12.7 Å². The van der Waals surface area contributed by atoms with E-state index in [1.165, 1.54) is 0 Å². The van der Waals surface area contributed by atoms with Crippen molar-refractivity contribution < 1.29 is 22.6 Å². The second-order valence-corrected chi connectivity index (χ2v) is 4.80. The fraction of sp³-hybridized carbons (Fsp3) is 1.00. The first kappa shape index (κ1) is 13.1. The van der Waals surface area contributed by atoms with Crippen LogP contribution in [0.25, 0.3) is 0 Å². The van der Waals surface area contributed by atoms with Crippen LogP contribution in [0.5, 0.6) is 0 Å². The van der Waals surface area contributed by atoms with Gasteiger partial charge in [0.2, 0.25) is 0 Å². The first-order valence-electron chi connectivity index (χ1n) is 6.02. The first-order valence-corrected chi connectivity index (χ1v) is 6.02. The lowest BCUT2D eigenvalue weighted by atomic mass is 9.94. The average molecular weight is 253 g/mol. The molecule has 0 aromatic heterocycles. The third-order valence-corrected chi connectivity index (χ3v) is 3.65. The summed E-state index contributed by atoms with van der Waals surface area (Å²) in [6.45, 7) is 4.23. The zero-order valence-electron chi connectivity index (χ0n) is 9.92. The minimum atomic E-state index is -4.53. The third kappa shape index (κ3) is 2.92. The van der Waals surface area contributed by atoms with Crippen molar-refractivity contribution >= 4 is 0 Å². The first-order chi connectivity index (χ1) is 7.95. The second kappa shape index (κ2) is 4.74. The van der Waals surface area contributed by atoms with E-state index >= 15 is 0 Å². The van der Waals surface area contributed by atoms with Crippen molar-refractivity contribution in [2.24, 2.45) is 0 Å². The molecule has 0 saturated carbocycles. The number of ether oxygens (including phenoxy) is 2. The summed E-state index contributed by atoms with van der Waals surface area (Å²) in [5.41, 5.74) is -0.216. The molecule has 17 heavy (non-hydrogen) atoms. The fourth-order valence-electron chi connectivity index (χ4n) is 3.03. The lowest BCUT2D eigenvalue weighted by molar-refractivity contribution is -0.340. The number of alkyl halides is 3. The topological polar surface area (TPSA) is 21.7 Å². The van der Waals surface area contributed by atoms with E-state index in [-0.39, 0.29) is 5.54 Å². The highest BCUT2D eigenvalue weighted by molar-refractivity contribution is 5.04. The molecular weight excluding hydrogens is 235 g/mol. The molecule has 2 saturated heterocycles. The van der Waals surface area contributed by atoms with Gasteiger partial charge >= 0.3 is 6.36 Å². The van der Waals surface area contributed by atoms with Gasteiger partial charge in [0.15, 0.2) is 0 Å². The van der Waals surface area contributed by atoms with Gasteiger partial charge in [-0.1, -0.05) is 0 Å². The molecule has 100 valence electrons. The number of hydrogen-bond donors (Lipinski definition) is 0. The number of hydrogen-bond acceptors (Lipinski definition) is 3. The minimum absolute atomic E-state index is 0.216. The maximum absolute atomic E-state index is 12.2. The van der Waals surface area contributed by atoms with Gasteiger partial charge in [0, 0.05) is 18.7 Å². The molecule has 0 amide bonds. The highest BCUT2D eigenvalue weighted by Crippen LogP contribution is 2.41. The molecule has 2 rings (SSSR count). The summed E-state index contributed by atoms with van der Waals surface area (Å²) in [4.78, 5) is 2.10. The van der Waals surface area contributed by atoms with Crippen molar-refractivity contribution in [1.82, 2.24) is 4.90 Å². The Bertz CT molecular complexity index is 272. The Labute approximate surface area is 98.9 Å². The normalized spacial score (nSPS) is 34.2. The van der Waals surface area contributed by atoms with E-state index in [2.05, 4.69) is 9.64 Å². The van der Waals surface area contributed by atoms with Gasteiger partial charge in [-0.2, -0.15) is 0 Å². The summed E-state index contributed by atoms with van der Waals surface area (Å²) in [5.74, 6) is 0. The van der Waals surface area contributed by atoms with Crippen molar-refractivity contribution in [1.29, 1.82) is 0 Å². The van der Waals surface area contributed by atoms with Gasteiger partial charge in [-0.15, -0.1) is 13.2 Å². The van der Waals surface area contributed by atoms with Gasteiger partial charge in [-0.3, -0.25) is 9.64 Å². The number of fused-ring (bicyclic) bond motifs is 1. The van der Waals surface area contributed by atoms with Crippen molar-refractivity contribution in [3.63, 3.8) is 0 Å². The standard InChI is InChI=1S/C11H18F3NO2/c1-2-16-8-10-4-3-5-15(10)7-9(6-10)17-11(12,13)14/h9H,2-8H2,1H3/t9-,10+/m0/s1. The molecule has 2 aliphatic rings. The van der Waals surface area contributed by atoms with E-state index < -0.39 is 12.5 Å². The van der Waals surface area contributed by atoms with Gasteiger partial charge in [0.25, 0.3) is 0 Å². The summed E-state index contributed by atoms with van der Waals surface area (Å²) in [7, 11) is 0. The monoisotopic (exact) mass is 253 g/mol. The lowest BCUT2D eigenvalue weighted by Crippen LogP contribution is -2.42. The van der Waals surface area contributed by atoms with Crippen LogP contribution in [0.15, 0.2) is 0 Å². The van der Waals surface area contributed by atoms with E-state index in [0.717, 1.165) is 19.4 Å². The zero-order chi connectivity index (χ0) is 12.5. The van der Waals surface area contributed by atoms with Crippen molar-refractivity contribution in [2.45, 2.75) is 44.2 Å². The molecule has 0 aromatic carbocycles. The van der Waals surface area contributed by atoms with E-state index in [4.69, 9.17) is 4.74 Å². The maximum atomic E-state index is 12.2. The van der Waals surface area contributed by atoms with E-state index in [9.17, 15) is 13.2 Å². The van der Waals surface area contributed by atoms with Crippen LogP contribution in [0.1, 0.15) is 26.2 Å². The van der Waals surface area contributed by atoms with Crippen molar-refractivity contribution in [3.05, 3.63) is 0 Å². The van der Waals surface area contributed by atoms with E-state index in [0.29, 0.717) is 26.2 Å². The molecule has 2 heterocycles. The maximum Gasteiger partial charge on any atom is 0.522 e. The molecule has 0 spiro atoms. The minimum Gasteiger partial charge on any atom is -0.380 e. The van der Waals surface area contributed by atoms with Crippen molar-refractivity contribution in [2.75, 3.05) is 26.3 Å². The van der Waals surface area contributed by atoms with Crippen LogP contribution >= 0.6 is 0 Å². The van der Waals surface area contributed by atoms with Crippen LogP contribution in [-0.4, -0.2) is 49.2 Å². The van der Waals surface area contributed by atoms with Gasteiger partial charge in [0.1, 0.15) is 0 Å². The molecular formula is C11H18F3NO2. The van der Waals surface area contributed by atoms with Crippen LogP contribution < -0.4 is 0 Å². The Morgan fingerprint density at radius 2 is 2.18 bits per heavy atom. The summed E-state index contributed by atoms with van der Waals surface area (Å²) in [6, 6.07) is 0. The molecule has 6 heteroatoms. The number of nitrogens with zero attached hydrogens (tertiary/aromatic N) is 1. The van der Waals surface area contributed by atoms with Crippen LogP contribution in [0.3, 0.4) is 0 Å². The number of halogens is 3. The van der Waals surface area contributed by atoms with Gasteiger partial charge < -0.3 is 4.74 Å². The Morgan fingerprint density at radius 1 is 1.41 bits per heavy atom. The number of rotatable bonds is 4. The van der Waals surface area contributed by atoms with Crippen molar-refractivity contribution in [3.8, 4) is 0 Å². The van der Waals surface area contributed by atoms with Gasteiger partial charge in [-0.25, -0.2) is 0 Å². The Balaban J connectivity index is 1.96. The average Bonchev–Trinajstić information content (AvgIpc) is 2.68. The largest absolute Gasteiger partial charge is 0.522 e. The SMILES string of the molecule is CCOC[C@]12CCCN1C[C@@H](OC(F)(F)F)C2. The highest BCUT2D eigenvalue weighted by Gasteiger charge is 2.51. The quantitative estimate of drug-likeness (QED) is 0.766. The molecule has 0 N–H and O–H groups in total. The molecule has 0 bridgehead atoms. The molecule has 2 atom stereocenters. The molecule has 0 aliphatic carbocycles. The zero-order valence-corrected chi connectivity index (χ0v) is 9.92. The Hall–Kier alpha value is -0.330. The highest BCUT2D eigenvalue weighted by atomic mass is 19.4. The molecule has 2 aliphatic heterocycles. The molecule has 0 unspecified atom stereocenters. The Morgan fingerprint density at radius 3 is 2.82 bits per heavy atom. The lowest BCUT2D eigenvalue weighted by Gasteiger charge is -2.31. The third-order valence-electron chi connectivity index (χ3n) is 3.65. The predicted molar refractivity (Wildman–Crippen MR) is 55.6 cm³/mol. The summed E-state index contributed by atoms with van der Waals surface area (Å²) < 4.78 is 46.1. The summed E-state index contributed by atoms with van der Waals surface area (Å²) >= 11 is 0.